The molecule has 1 N–H and O–H groups in total. The molecule has 5 nitrogen and oxygen atoms in total. The number of aromatic nitrogens is 1. The van der Waals surface area contributed by atoms with Crippen molar-refractivity contribution in [3.05, 3.63) is 71.3 Å². The lowest BCUT2D eigenvalue weighted by Crippen LogP contribution is -2.43. The Kier molecular flexibility index (Phi) is 3.53. The van der Waals surface area contributed by atoms with Crippen molar-refractivity contribution < 1.29 is 4.42 Å². The molecular weight excluding hydrogens is 326 g/mol. The Morgan fingerprint density at radius 2 is 1.88 bits per heavy atom. The fourth-order valence-electron chi connectivity index (χ4n) is 3.62. The van der Waals surface area contributed by atoms with Crippen molar-refractivity contribution in [1.29, 1.82) is 0 Å². The van der Waals surface area contributed by atoms with Crippen molar-refractivity contribution in [3.63, 3.8) is 0 Å². The van der Waals surface area contributed by atoms with E-state index in [4.69, 9.17) is 4.42 Å². The third kappa shape index (κ3) is 2.57. The highest BCUT2D eigenvalue weighted by Crippen LogP contribution is 2.26. The van der Waals surface area contributed by atoms with Gasteiger partial charge in [0.1, 0.15) is 5.58 Å². The number of piperazine rings is 1. The van der Waals surface area contributed by atoms with Gasteiger partial charge in [0.05, 0.1) is 5.56 Å². The van der Waals surface area contributed by atoms with E-state index in [0.29, 0.717) is 11.1 Å². The molecule has 1 fully saturated rings. The van der Waals surface area contributed by atoms with Crippen LogP contribution in [0.25, 0.3) is 27.6 Å². The third-order valence-electron chi connectivity index (χ3n) is 5.02. The molecule has 5 heteroatoms. The Morgan fingerprint density at radius 3 is 2.73 bits per heavy atom. The van der Waals surface area contributed by atoms with E-state index in [1.807, 2.05) is 59.3 Å². The zero-order valence-electron chi connectivity index (χ0n) is 14.3. The first kappa shape index (κ1) is 15.2. The Hall–Kier alpha value is -3.05. The number of hydrogen-bond acceptors (Lipinski definition) is 4. The first-order chi connectivity index (χ1) is 12.8. The Balaban J connectivity index is 1.59. The molecule has 130 valence electrons. The average Bonchev–Trinajstić information content (AvgIpc) is 3.11. The summed E-state index contributed by atoms with van der Waals surface area (Å²) in [6.45, 7) is 3.88. The van der Waals surface area contributed by atoms with Crippen LogP contribution in [0.5, 0.6) is 0 Å². The number of pyridine rings is 1. The summed E-state index contributed by atoms with van der Waals surface area (Å²) in [6.07, 6.45) is 3.93. The summed E-state index contributed by atoms with van der Waals surface area (Å²) in [5.41, 5.74) is 3.96. The monoisotopic (exact) mass is 345 g/mol. The number of benzene rings is 1. The highest BCUT2D eigenvalue weighted by Gasteiger charge is 2.14. The zero-order chi connectivity index (χ0) is 17.5. The summed E-state index contributed by atoms with van der Waals surface area (Å²) < 4.78 is 7.67. The van der Waals surface area contributed by atoms with E-state index >= 15 is 0 Å². The van der Waals surface area contributed by atoms with Gasteiger partial charge >= 0.3 is 5.63 Å². The SMILES string of the molecule is O=c1oc2cc(N3CCNCC3)ccc2cc1-c1cc2ccccn2c1. The normalized spacial score (nSPS) is 15.0. The molecule has 1 saturated heterocycles. The molecule has 0 bridgehead atoms. The Bertz CT molecular complexity index is 1120. The standard InChI is InChI=1S/C21H19N3O2/c25-21-19(16-11-17-3-1-2-8-24(17)14-16)12-15-4-5-18(13-20(15)26-21)23-9-6-22-7-10-23/h1-5,8,11-14,22H,6-7,9-10H2. The van der Waals surface area contributed by atoms with E-state index < -0.39 is 0 Å². The summed E-state index contributed by atoms with van der Waals surface area (Å²) in [4.78, 5) is 14.9. The maximum atomic E-state index is 12.6. The molecule has 4 aromatic rings. The van der Waals surface area contributed by atoms with Gasteiger partial charge in [0, 0.05) is 66.8 Å². The Labute approximate surface area is 150 Å². The molecule has 4 heterocycles. The van der Waals surface area contributed by atoms with Gasteiger partial charge in [0.25, 0.3) is 0 Å². The second-order valence-electron chi connectivity index (χ2n) is 6.67. The number of hydrogen-bond donors (Lipinski definition) is 1. The molecule has 0 spiro atoms. The van der Waals surface area contributed by atoms with E-state index in [-0.39, 0.29) is 5.63 Å². The smallest absolute Gasteiger partial charge is 0.344 e. The van der Waals surface area contributed by atoms with Gasteiger partial charge in [-0.05, 0) is 36.4 Å². The van der Waals surface area contributed by atoms with Gasteiger partial charge in [-0.2, -0.15) is 0 Å². The molecular formula is C21H19N3O2. The molecule has 0 amide bonds. The van der Waals surface area contributed by atoms with Crippen LogP contribution >= 0.6 is 0 Å². The summed E-state index contributed by atoms with van der Waals surface area (Å²) >= 11 is 0. The maximum absolute atomic E-state index is 12.6. The first-order valence-corrected chi connectivity index (χ1v) is 8.89. The van der Waals surface area contributed by atoms with Crippen molar-refractivity contribution in [2.24, 2.45) is 0 Å². The topological polar surface area (TPSA) is 49.9 Å². The lowest BCUT2D eigenvalue weighted by atomic mass is 10.1. The first-order valence-electron chi connectivity index (χ1n) is 8.89. The number of anilines is 1. The average molecular weight is 345 g/mol. The van der Waals surface area contributed by atoms with Crippen molar-refractivity contribution in [3.8, 4) is 11.1 Å². The Morgan fingerprint density at radius 1 is 1.00 bits per heavy atom. The number of rotatable bonds is 2. The second-order valence-corrected chi connectivity index (χ2v) is 6.67. The fourth-order valence-corrected chi connectivity index (χ4v) is 3.62. The van der Waals surface area contributed by atoms with Gasteiger partial charge in [-0.1, -0.05) is 6.07 Å². The lowest BCUT2D eigenvalue weighted by Gasteiger charge is -2.29. The van der Waals surface area contributed by atoms with Crippen LogP contribution in [-0.2, 0) is 0 Å². The van der Waals surface area contributed by atoms with Gasteiger partial charge in [-0.25, -0.2) is 4.79 Å². The van der Waals surface area contributed by atoms with Crippen molar-refractivity contribution in [2.75, 3.05) is 31.1 Å². The van der Waals surface area contributed by atoms with Crippen LogP contribution in [0.15, 0.2) is 70.1 Å². The van der Waals surface area contributed by atoms with Crippen molar-refractivity contribution in [2.45, 2.75) is 0 Å². The van der Waals surface area contributed by atoms with Crippen LogP contribution in [0.3, 0.4) is 0 Å². The fraction of sp³-hybridized carbons (Fsp3) is 0.190. The highest BCUT2D eigenvalue weighted by atomic mass is 16.4. The van der Waals surface area contributed by atoms with Gasteiger partial charge in [0.2, 0.25) is 0 Å². The predicted molar refractivity (Wildman–Crippen MR) is 104 cm³/mol. The predicted octanol–water partition coefficient (Wildman–Crippen LogP) is 3.12. The van der Waals surface area contributed by atoms with Crippen molar-refractivity contribution >= 4 is 22.2 Å². The largest absolute Gasteiger partial charge is 0.422 e. The second kappa shape index (κ2) is 6.04. The third-order valence-corrected chi connectivity index (χ3v) is 5.02. The molecule has 1 aromatic carbocycles. The maximum Gasteiger partial charge on any atom is 0.344 e. The van der Waals surface area contributed by atoms with Gasteiger partial charge in [-0.3, -0.25) is 0 Å². The van der Waals surface area contributed by atoms with Crippen LogP contribution in [0.2, 0.25) is 0 Å². The molecule has 0 saturated carbocycles. The zero-order valence-corrected chi connectivity index (χ0v) is 14.3. The van der Waals surface area contributed by atoms with Crippen LogP contribution in [0.1, 0.15) is 0 Å². The van der Waals surface area contributed by atoms with E-state index in [1.54, 1.807) is 0 Å². The minimum Gasteiger partial charge on any atom is -0.422 e. The molecule has 0 radical (unpaired) electrons. The van der Waals surface area contributed by atoms with Crippen LogP contribution in [0.4, 0.5) is 5.69 Å². The van der Waals surface area contributed by atoms with Gasteiger partial charge < -0.3 is 19.0 Å². The summed E-state index contributed by atoms with van der Waals surface area (Å²) in [6, 6.07) is 16.0. The molecule has 26 heavy (non-hydrogen) atoms. The molecule has 5 rings (SSSR count). The summed E-state index contributed by atoms with van der Waals surface area (Å²) in [7, 11) is 0. The van der Waals surface area contributed by atoms with Crippen molar-refractivity contribution in [1.82, 2.24) is 9.72 Å². The van der Waals surface area contributed by atoms with Crippen LogP contribution < -0.4 is 15.8 Å². The van der Waals surface area contributed by atoms with E-state index in [1.165, 1.54) is 0 Å². The van der Waals surface area contributed by atoms with Crippen LogP contribution in [0, 0.1) is 0 Å². The minimum absolute atomic E-state index is 0.300. The number of nitrogens with zero attached hydrogens (tertiary/aromatic N) is 2. The molecule has 0 atom stereocenters. The summed E-state index contributed by atoms with van der Waals surface area (Å²) in [5.74, 6) is 0. The lowest BCUT2D eigenvalue weighted by molar-refractivity contribution is 0.561. The summed E-state index contributed by atoms with van der Waals surface area (Å²) in [5, 5.41) is 4.29. The molecule has 0 aliphatic carbocycles. The molecule has 0 unspecified atom stereocenters. The van der Waals surface area contributed by atoms with E-state index in [0.717, 1.165) is 48.3 Å². The molecule has 1 aliphatic heterocycles. The minimum atomic E-state index is -0.300. The van der Waals surface area contributed by atoms with Gasteiger partial charge in [0.15, 0.2) is 0 Å². The van der Waals surface area contributed by atoms with E-state index in [2.05, 4.69) is 16.3 Å². The van der Waals surface area contributed by atoms with Crippen LogP contribution in [-0.4, -0.2) is 30.6 Å². The number of fused-ring (bicyclic) bond motifs is 2. The van der Waals surface area contributed by atoms with E-state index in [9.17, 15) is 4.79 Å². The molecule has 3 aromatic heterocycles. The highest BCUT2D eigenvalue weighted by molar-refractivity contribution is 5.85. The quantitative estimate of drug-likeness (QED) is 0.567. The number of nitrogens with one attached hydrogen (secondary N) is 1. The van der Waals surface area contributed by atoms with Gasteiger partial charge in [-0.15, -0.1) is 0 Å². The molecule has 1 aliphatic rings.